The third kappa shape index (κ3) is 2.83. The molecule has 0 amide bonds. The third-order valence-corrected chi connectivity index (χ3v) is 2.96. The van der Waals surface area contributed by atoms with Gasteiger partial charge in [0.1, 0.15) is 5.75 Å². The van der Waals surface area contributed by atoms with Gasteiger partial charge in [0.25, 0.3) is 0 Å². The second-order valence-corrected chi connectivity index (χ2v) is 4.24. The summed E-state index contributed by atoms with van der Waals surface area (Å²) in [4.78, 5) is 0. The maximum absolute atomic E-state index is 6.17. The van der Waals surface area contributed by atoms with Gasteiger partial charge in [0.05, 0.1) is 15.0 Å². The predicted molar refractivity (Wildman–Crippen MR) is 72.0 cm³/mol. The van der Waals surface area contributed by atoms with E-state index in [1.807, 2.05) is 48.5 Å². The minimum absolute atomic E-state index is 0.141. The molecule has 2 aromatic carbocycles. The van der Waals surface area contributed by atoms with Gasteiger partial charge in [0.15, 0.2) is 0 Å². The normalized spacial score (nSPS) is 12.1. The number of methoxy groups -OCH3 is 1. The second kappa shape index (κ2) is 5.28. The number of hydrogen-bond acceptors (Lipinski definition) is 1. The van der Waals surface area contributed by atoms with Crippen molar-refractivity contribution in [3.8, 4) is 5.75 Å². The fourth-order valence-corrected chi connectivity index (χ4v) is 1.80. The number of rotatable bonds is 3. The molecule has 2 rings (SSSR count). The van der Waals surface area contributed by atoms with Crippen molar-refractivity contribution in [2.75, 3.05) is 7.11 Å². The van der Waals surface area contributed by atoms with Crippen molar-refractivity contribution in [3.63, 3.8) is 0 Å². The number of benzene rings is 2. The highest BCUT2D eigenvalue weighted by atomic mass is 35.5. The molecule has 0 bridgehead atoms. The average molecular weight is 243 g/mol. The summed E-state index contributed by atoms with van der Waals surface area (Å²) >= 11 is 5.84. The van der Waals surface area contributed by atoms with E-state index in [0.29, 0.717) is 0 Å². The molecule has 0 saturated heterocycles. The van der Waals surface area contributed by atoms with Crippen molar-refractivity contribution in [1.82, 2.24) is 0 Å². The van der Waals surface area contributed by atoms with E-state index in [1.54, 1.807) is 7.11 Å². The van der Waals surface area contributed by atoms with Crippen LogP contribution in [0.5, 0.6) is 5.75 Å². The van der Waals surface area contributed by atoms with Crippen LogP contribution in [-0.2, 0) is 0 Å². The van der Waals surface area contributed by atoms with E-state index in [2.05, 4.69) is 0 Å². The van der Waals surface area contributed by atoms with Gasteiger partial charge in [-0.1, -0.05) is 35.9 Å². The van der Waals surface area contributed by atoms with Crippen LogP contribution in [0, 0.1) is 0 Å². The Labute approximate surface area is 108 Å². The van der Waals surface area contributed by atoms with E-state index in [1.165, 1.54) is 0 Å². The molecule has 1 atom stereocenters. The maximum Gasteiger partial charge on any atom is 0.118 e. The molecule has 0 N–H and O–H groups in total. The van der Waals surface area contributed by atoms with Crippen molar-refractivity contribution in [2.24, 2.45) is 0 Å². The van der Waals surface area contributed by atoms with Crippen molar-refractivity contribution >= 4 is 19.4 Å². The molecule has 84 valence electrons. The van der Waals surface area contributed by atoms with E-state index in [4.69, 9.17) is 24.2 Å². The summed E-state index contributed by atoms with van der Waals surface area (Å²) in [7, 11) is 7.82. The first-order chi connectivity index (χ1) is 8.20. The van der Waals surface area contributed by atoms with Crippen LogP contribution in [0.3, 0.4) is 0 Å². The lowest BCUT2D eigenvalue weighted by Crippen LogP contribution is -2.00. The van der Waals surface area contributed by atoms with Crippen molar-refractivity contribution in [3.05, 3.63) is 64.7 Å². The molecule has 1 unspecified atom stereocenters. The van der Waals surface area contributed by atoms with Gasteiger partial charge in [-0.15, -0.1) is 0 Å². The van der Waals surface area contributed by atoms with E-state index in [0.717, 1.165) is 21.9 Å². The lowest BCUT2D eigenvalue weighted by atomic mass is 9.76. The van der Waals surface area contributed by atoms with Crippen molar-refractivity contribution in [1.29, 1.82) is 0 Å². The van der Waals surface area contributed by atoms with Crippen LogP contribution < -0.4 is 4.74 Å². The number of hydrogen-bond donors (Lipinski definition) is 0. The zero-order valence-corrected chi connectivity index (χ0v) is 10.3. The van der Waals surface area contributed by atoms with Crippen LogP contribution in [0.2, 0.25) is 5.02 Å². The zero-order valence-electron chi connectivity index (χ0n) is 9.56. The van der Waals surface area contributed by atoms with Crippen LogP contribution in [0.15, 0.2) is 48.5 Å². The monoisotopic (exact) mass is 242 g/mol. The Morgan fingerprint density at radius 1 is 0.941 bits per heavy atom. The Kier molecular flexibility index (Phi) is 3.75. The largest absolute Gasteiger partial charge is 0.497 e. The highest BCUT2D eigenvalue weighted by molar-refractivity contribution is 6.30. The fraction of sp³-hybridized carbons (Fsp3) is 0.143. The Morgan fingerprint density at radius 3 is 1.88 bits per heavy atom. The maximum atomic E-state index is 6.17. The molecule has 0 aliphatic rings. The molecule has 0 aliphatic heterocycles. The third-order valence-electron chi connectivity index (χ3n) is 2.70. The van der Waals surface area contributed by atoms with Gasteiger partial charge >= 0.3 is 0 Å². The fourth-order valence-electron chi connectivity index (χ4n) is 1.67. The highest BCUT2D eigenvalue weighted by Crippen LogP contribution is 2.24. The van der Waals surface area contributed by atoms with Crippen LogP contribution in [0.1, 0.15) is 16.9 Å². The van der Waals surface area contributed by atoms with E-state index in [-0.39, 0.29) is 5.82 Å². The standard InChI is InChI=1S/C14H12BClO/c1-17-13-8-4-11(5-9-13)14(15)10-2-6-12(16)7-3-10/h2-9,14H,1H3. The molecule has 0 fully saturated rings. The first kappa shape index (κ1) is 12.1. The quantitative estimate of drug-likeness (QED) is 0.747. The molecule has 0 spiro atoms. The first-order valence-electron chi connectivity index (χ1n) is 5.35. The van der Waals surface area contributed by atoms with Gasteiger partial charge in [0, 0.05) is 5.02 Å². The summed E-state index contributed by atoms with van der Waals surface area (Å²) in [5, 5.41) is 0.718. The molecule has 2 radical (unpaired) electrons. The average Bonchev–Trinajstić information content (AvgIpc) is 2.39. The molecule has 0 heterocycles. The Morgan fingerprint density at radius 2 is 1.41 bits per heavy atom. The van der Waals surface area contributed by atoms with Gasteiger partial charge < -0.3 is 4.74 Å². The SMILES string of the molecule is [B]C(c1ccc(Cl)cc1)c1ccc(OC)cc1. The topological polar surface area (TPSA) is 9.23 Å². The van der Waals surface area contributed by atoms with Gasteiger partial charge in [-0.2, -0.15) is 0 Å². The van der Waals surface area contributed by atoms with E-state index in [9.17, 15) is 0 Å². The Balaban J connectivity index is 2.23. The smallest absolute Gasteiger partial charge is 0.118 e. The van der Waals surface area contributed by atoms with Gasteiger partial charge in [-0.25, -0.2) is 0 Å². The minimum atomic E-state index is -0.141. The number of ether oxygens (including phenoxy) is 1. The van der Waals surface area contributed by atoms with Crippen molar-refractivity contribution in [2.45, 2.75) is 5.82 Å². The highest BCUT2D eigenvalue weighted by Gasteiger charge is 2.07. The molecule has 2 aromatic rings. The first-order valence-corrected chi connectivity index (χ1v) is 5.73. The lowest BCUT2D eigenvalue weighted by molar-refractivity contribution is 0.414. The molecular formula is C14H12BClO. The van der Waals surface area contributed by atoms with Gasteiger partial charge in [-0.05, 0) is 41.2 Å². The lowest BCUT2D eigenvalue weighted by Gasteiger charge is -2.13. The summed E-state index contributed by atoms with van der Waals surface area (Å²) in [5.41, 5.74) is 2.09. The molecule has 17 heavy (non-hydrogen) atoms. The van der Waals surface area contributed by atoms with Gasteiger partial charge in [0.2, 0.25) is 0 Å². The Hall–Kier alpha value is -1.41. The number of halogens is 1. The van der Waals surface area contributed by atoms with E-state index < -0.39 is 0 Å². The van der Waals surface area contributed by atoms with Crippen LogP contribution in [0.4, 0.5) is 0 Å². The molecular weight excluding hydrogens is 230 g/mol. The summed E-state index contributed by atoms with van der Waals surface area (Å²) in [5.74, 6) is 0.690. The van der Waals surface area contributed by atoms with Crippen LogP contribution in [-0.4, -0.2) is 15.0 Å². The molecule has 0 aliphatic carbocycles. The molecule has 1 nitrogen and oxygen atoms in total. The Bertz CT molecular complexity index is 479. The predicted octanol–water partition coefficient (Wildman–Crippen LogP) is 3.61. The van der Waals surface area contributed by atoms with Crippen molar-refractivity contribution < 1.29 is 4.74 Å². The molecule has 0 aromatic heterocycles. The van der Waals surface area contributed by atoms with Crippen LogP contribution >= 0.6 is 11.6 Å². The zero-order chi connectivity index (χ0) is 12.3. The van der Waals surface area contributed by atoms with Crippen LogP contribution in [0.25, 0.3) is 0 Å². The summed E-state index contributed by atoms with van der Waals surface area (Å²) in [6, 6.07) is 15.3. The van der Waals surface area contributed by atoms with Gasteiger partial charge in [-0.3, -0.25) is 0 Å². The summed E-state index contributed by atoms with van der Waals surface area (Å²) < 4.78 is 5.11. The summed E-state index contributed by atoms with van der Waals surface area (Å²) in [6.45, 7) is 0. The molecule has 3 heteroatoms. The molecule has 0 saturated carbocycles. The van der Waals surface area contributed by atoms with E-state index >= 15 is 0 Å². The second-order valence-electron chi connectivity index (χ2n) is 3.80. The summed E-state index contributed by atoms with van der Waals surface area (Å²) in [6.07, 6.45) is 0. The minimum Gasteiger partial charge on any atom is -0.497 e.